The Labute approximate surface area is 193 Å². The summed E-state index contributed by atoms with van der Waals surface area (Å²) in [7, 11) is -4.66. The molecule has 0 saturated heterocycles. The molecular formula is C23H15ClN2O6S. The van der Waals surface area contributed by atoms with Crippen molar-refractivity contribution in [1.82, 2.24) is 0 Å². The summed E-state index contributed by atoms with van der Waals surface area (Å²) < 4.78 is 32.9. The van der Waals surface area contributed by atoms with E-state index in [2.05, 4.69) is 4.99 Å². The van der Waals surface area contributed by atoms with E-state index in [-0.39, 0.29) is 22.8 Å². The summed E-state index contributed by atoms with van der Waals surface area (Å²) in [5.41, 5.74) is 0.548. The average molecular weight is 483 g/mol. The molecule has 0 aromatic heterocycles. The number of aliphatic imine (C=N–C) groups is 1. The van der Waals surface area contributed by atoms with Crippen LogP contribution in [0.2, 0.25) is 5.02 Å². The molecule has 3 aromatic carbocycles. The van der Waals surface area contributed by atoms with Gasteiger partial charge >= 0.3 is 5.97 Å². The molecule has 0 fully saturated rings. The second-order valence-electron chi connectivity index (χ2n) is 6.98. The molecule has 0 saturated carbocycles. The van der Waals surface area contributed by atoms with Gasteiger partial charge in [0.1, 0.15) is 11.5 Å². The van der Waals surface area contributed by atoms with E-state index < -0.39 is 26.9 Å². The number of carbonyl (C=O) groups is 2. The molecule has 1 aliphatic heterocycles. The minimum atomic E-state index is -4.66. The molecular weight excluding hydrogens is 468 g/mol. The molecule has 166 valence electrons. The van der Waals surface area contributed by atoms with Crippen molar-refractivity contribution in [3.8, 4) is 0 Å². The van der Waals surface area contributed by atoms with Gasteiger partial charge in [-0.05, 0) is 42.0 Å². The zero-order valence-electron chi connectivity index (χ0n) is 16.7. The second kappa shape index (κ2) is 8.62. The van der Waals surface area contributed by atoms with E-state index in [9.17, 15) is 27.7 Å². The van der Waals surface area contributed by atoms with Gasteiger partial charge in [0.05, 0.1) is 16.1 Å². The highest BCUT2D eigenvalue weighted by molar-refractivity contribution is 7.85. The predicted octanol–water partition coefficient (Wildman–Crippen LogP) is 4.12. The third-order valence-electron chi connectivity index (χ3n) is 4.80. The second-order valence-corrected chi connectivity index (χ2v) is 8.84. The molecule has 0 atom stereocenters. The predicted molar refractivity (Wildman–Crippen MR) is 123 cm³/mol. The highest BCUT2D eigenvalue weighted by Gasteiger charge is 2.35. The summed E-state index contributed by atoms with van der Waals surface area (Å²) >= 11 is 5.91. The summed E-state index contributed by atoms with van der Waals surface area (Å²) in [6.45, 7) is 0. The fraction of sp³-hybridized carbons (Fsp3) is 0. The Morgan fingerprint density at radius 1 is 1.00 bits per heavy atom. The van der Waals surface area contributed by atoms with Crippen LogP contribution in [-0.2, 0) is 14.9 Å². The monoisotopic (exact) mass is 482 g/mol. The van der Waals surface area contributed by atoms with Gasteiger partial charge < -0.3 is 5.11 Å². The smallest absolute Gasteiger partial charge is 0.337 e. The largest absolute Gasteiger partial charge is 0.478 e. The lowest BCUT2D eigenvalue weighted by molar-refractivity contribution is -0.113. The molecule has 0 spiro atoms. The van der Waals surface area contributed by atoms with Crippen LogP contribution >= 0.6 is 11.6 Å². The van der Waals surface area contributed by atoms with E-state index in [1.807, 2.05) is 0 Å². The van der Waals surface area contributed by atoms with Crippen molar-refractivity contribution in [2.24, 2.45) is 4.99 Å². The van der Waals surface area contributed by atoms with Crippen LogP contribution in [0.15, 0.2) is 88.4 Å². The van der Waals surface area contributed by atoms with Gasteiger partial charge in [-0.3, -0.25) is 14.2 Å². The summed E-state index contributed by atoms with van der Waals surface area (Å²) in [5.74, 6) is -1.95. The summed E-state index contributed by atoms with van der Waals surface area (Å²) in [5, 5.41) is 10.2. The van der Waals surface area contributed by atoms with Gasteiger partial charge in [0.25, 0.3) is 16.0 Å². The Hall–Kier alpha value is -3.79. The lowest BCUT2D eigenvalue weighted by Crippen LogP contribution is -2.34. The first-order valence-electron chi connectivity index (χ1n) is 9.46. The molecule has 0 radical (unpaired) electrons. The molecule has 8 nitrogen and oxygen atoms in total. The maximum absolute atomic E-state index is 13.4. The van der Waals surface area contributed by atoms with E-state index in [0.29, 0.717) is 16.1 Å². The van der Waals surface area contributed by atoms with Crippen molar-refractivity contribution >= 4 is 51.2 Å². The van der Waals surface area contributed by atoms with Gasteiger partial charge in [-0.25, -0.2) is 9.79 Å². The topological polar surface area (TPSA) is 124 Å². The van der Waals surface area contributed by atoms with Crippen LogP contribution in [-0.4, -0.2) is 35.8 Å². The van der Waals surface area contributed by atoms with Crippen LogP contribution in [0, 0.1) is 0 Å². The first-order valence-corrected chi connectivity index (χ1v) is 11.3. The molecule has 0 bridgehead atoms. The number of carboxylic acid groups (broad SMARTS) is 1. The number of hydrogen-bond acceptors (Lipinski definition) is 5. The lowest BCUT2D eigenvalue weighted by Gasteiger charge is -2.21. The minimum absolute atomic E-state index is 0.00442. The fourth-order valence-electron chi connectivity index (χ4n) is 3.28. The summed E-state index contributed by atoms with van der Waals surface area (Å²) in [6.07, 6.45) is 1.51. The first kappa shape index (κ1) is 22.4. The number of nitrogens with zero attached hydrogens (tertiary/aromatic N) is 2. The first-order chi connectivity index (χ1) is 15.6. The zero-order valence-corrected chi connectivity index (χ0v) is 18.3. The summed E-state index contributed by atoms with van der Waals surface area (Å²) in [6, 6.07) is 18.1. The van der Waals surface area contributed by atoms with E-state index in [1.54, 1.807) is 54.6 Å². The van der Waals surface area contributed by atoms with Gasteiger partial charge in [-0.15, -0.1) is 0 Å². The maximum Gasteiger partial charge on any atom is 0.337 e. The quantitative estimate of drug-likeness (QED) is 0.416. The lowest BCUT2D eigenvalue weighted by atomic mass is 10.1. The van der Waals surface area contributed by atoms with Crippen molar-refractivity contribution in [3.63, 3.8) is 0 Å². The fourth-order valence-corrected chi connectivity index (χ4v) is 3.90. The number of anilines is 1. The third kappa shape index (κ3) is 4.56. The van der Waals surface area contributed by atoms with Crippen molar-refractivity contribution in [1.29, 1.82) is 0 Å². The third-order valence-corrected chi connectivity index (χ3v) is 5.91. The highest BCUT2D eigenvalue weighted by atomic mass is 35.5. The minimum Gasteiger partial charge on any atom is -0.478 e. The number of amides is 1. The number of benzene rings is 3. The summed E-state index contributed by atoms with van der Waals surface area (Å²) in [4.78, 5) is 30.2. The molecule has 33 heavy (non-hydrogen) atoms. The van der Waals surface area contributed by atoms with Gasteiger partial charge in [0, 0.05) is 10.6 Å². The zero-order chi connectivity index (χ0) is 23.8. The number of rotatable bonds is 5. The van der Waals surface area contributed by atoms with Gasteiger partial charge in [-0.2, -0.15) is 8.42 Å². The number of amidine groups is 1. The van der Waals surface area contributed by atoms with Crippen molar-refractivity contribution in [2.75, 3.05) is 4.90 Å². The maximum atomic E-state index is 13.4. The van der Waals surface area contributed by atoms with Crippen LogP contribution in [0.1, 0.15) is 21.5 Å². The Kier molecular flexibility index (Phi) is 5.86. The van der Waals surface area contributed by atoms with E-state index in [0.717, 1.165) is 23.1 Å². The molecule has 10 heteroatoms. The number of halogens is 1. The normalized spacial score (nSPS) is 15.1. The highest BCUT2D eigenvalue weighted by Crippen LogP contribution is 2.32. The number of hydrogen-bond donors (Lipinski definition) is 2. The number of aromatic carboxylic acids is 1. The van der Waals surface area contributed by atoms with Crippen LogP contribution < -0.4 is 4.90 Å². The van der Waals surface area contributed by atoms with E-state index in [1.165, 1.54) is 6.08 Å². The van der Waals surface area contributed by atoms with E-state index in [4.69, 9.17) is 11.6 Å². The van der Waals surface area contributed by atoms with Gasteiger partial charge in [-0.1, -0.05) is 54.1 Å². The van der Waals surface area contributed by atoms with Gasteiger partial charge in [0.2, 0.25) is 0 Å². The molecule has 0 unspecified atom stereocenters. The van der Waals surface area contributed by atoms with Crippen molar-refractivity contribution < 1.29 is 27.7 Å². The molecule has 1 amide bonds. The molecule has 3 aromatic rings. The van der Waals surface area contributed by atoms with Crippen molar-refractivity contribution in [2.45, 2.75) is 4.90 Å². The Bertz CT molecular complexity index is 1430. The molecule has 0 aliphatic carbocycles. The molecule has 1 heterocycles. The van der Waals surface area contributed by atoms with Crippen molar-refractivity contribution in [3.05, 3.63) is 100 Å². The van der Waals surface area contributed by atoms with Crippen LogP contribution in [0.4, 0.5) is 5.69 Å². The van der Waals surface area contributed by atoms with Gasteiger partial charge in [0.15, 0.2) is 0 Å². The Morgan fingerprint density at radius 3 is 2.27 bits per heavy atom. The number of carboxylic acids is 1. The van der Waals surface area contributed by atoms with Crippen LogP contribution in [0.5, 0.6) is 0 Å². The Morgan fingerprint density at radius 2 is 1.67 bits per heavy atom. The van der Waals surface area contributed by atoms with E-state index >= 15 is 0 Å². The van der Waals surface area contributed by atoms with Crippen LogP contribution in [0.25, 0.3) is 6.08 Å². The average Bonchev–Trinajstić information content (AvgIpc) is 3.10. The Balaban J connectivity index is 1.93. The standard InChI is InChI=1S/C23H15ClN2O6S/c24-16-8-6-14(7-9-16)12-19-22(27)26(21(25-19)15-4-2-1-3-5-15)20-13-17(33(30,31)32)10-11-18(20)23(28)29/h1-13H,(H,28,29)(H,30,31,32). The molecule has 2 N–H and O–H groups in total. The van der Waals surface area contributed by atoms with Crippen LogP contribution in [0.3, 0.4) is 0 Å². The number of carbonyl (C=O) groups excluding carboxylic acids is 1. The molecule has 4 rings (SSSR count). The molecule has 1 aliphatic rings. The SMILES string of the molecule is O=C(O)c1ccc(S(=O)(=O)O)cc1N1C(=O)C(=Cc2ccc(Cl)cc2)N=C1c1ccccc1.